The average molecular weight is 429 g/mol. The highest BCUT2D eigenvalue weighted by Crippen LogP contribution is 2.48. The van der Waals surface area contributed by atoms with Crippen molar-refractivity contribution in [3.05, 3.63) is 70.2 Å². The molecule has 8 heteroatoms. The number of aliphatic imine (C=N–C) groups is 1. The summed E-state index contributed by atoms with van der Waals surface area (Å²) in [5, 5.41) is 12.6. The summed E-state index contributed by atoms with van der Waals surface area (Å²) in [6.07, 6.45) is 6.16. The van der Waals surface area contributed by atoms with E-state index in [2.05, 4.69) is 21.4 Å². The number of fused-ring (bicyclic) bond motifs is 1. The van der Waals surface area contributed by atoms with Crippen molar-refractivity contribution in [2.24, 2.45) is 10.7 Å². The van der Waals surface area contributed by atoms with Crippen LogP contribution in [-0.4, -0.2) is 30.3 Å². The van der Waals surface area contributed by atoms with Crippen molar-refractivity contribution in [2.75, 3.05) is 19.0 Å². The first kappa shape index (κ1) is 21.1. The lowest BCUT2D eigenvalue weighted by molar-refractivity contribution is -0.114. The maximum absolute atomic E-state index is 12.6. The summed E-state index contributed by atoms with van der Waals surface area (Å²) in [6, 6.07) is 7.23. The third kappa shape index (κ3) is 3.69. The fourth-order valence-corrected chi connectivity index (χ4v) is 4.08. The molecule has 162 valence electrons. The molecule has 0 radical (unpaired) electrons. The smallest absolute Gasteiger partial charge is 0.247 e. The first-order chi connectivity index (χ1) is 15.4. The second-order valence-corrected chi connectivity index (χ2v) is 7.64. The Hall–Kier alpha value is -4.12. The number of nitrogens with zero attached hydrogens (tertiary/aromatic N) is 3. The molecule has 1 atom stereocenters. The SMILES string of the molecule is COc1cc(C#N)ccc1C1C(C(N)=O)=C(C)Nc2c(C)cnc(OCC3=NC=CC3)c21. The van der Waals surface area contributed by atoms with Crippen molar-refractivity contribution in [2.45, 2.75) is 26.2 Å². The second-order valence-electron chi connectivity index (χ2n) is 7.64. The van der Waals surface area contributed by atoms with E-state index in [0.29, 0.717) is 39.6 Å². The van der Waals surface area contributed by atoms with Crippen molar-refractivity contribution in [1.29, 1.82) is 5.26 Å². The van der Waals surface area contributed by atoms with Gasteiger partial charge in [0.05, 0.1) is 41.6 Å². The number of amides is 1. The van der Waals surface area contributed by atoms with Gasteiger partial charge in [-0.1, -0.05) is 12.1 Å². The minimum atomic E-state index is -0.586. The number of anilines is 1. The highest BCUT2D eigenvalue weighted by atomic mass is 16.5. The average Bonchev–Trinajstić information content (AvgIpc) is 3.31. The number of pyridine rings is 1. The molecule has 0 aliphatic carbocycles. The van der Waals surface area contributed by atoms with Gasteiger partial charge in [-0.05, 0) is 31.5 Å². The molecule has 1 aromatic carbocycles. The molecule has 0 spiro atoms. The van der Waals surface area contributed by atoms with E-state index in [1.54, 1.807) is 30.6 Å². The van der Waals surface area contributed by atoms with E-state index in [0.717, 1.165) is 23.4 Å². The number of hydrogen-bond donors (Lipinski definition) is 2. The fraction of sp³-hybridized carbons (Fsp3) is 0.250. The molecule has 1 aromatic heterocycles. The van der Waals surface area contributed by atoms with Gasteiger partial charge in [0.2, 0.25) is 11.8 Å². The fourth-order valence-electron chi connectivity index (χ4n) is 4.08. The first-order valence-electron chi connectivity index (χ1n) is 10.1. The van der Waals surface area contributed by atoms with Crippen LogP contribution in [0.5, 0.6) is 11.6 Å². The topological polar surface area (TPSA) is 123 Å². The van der Waals surface area contributed by atoms with Gasteiger partial charge in [0.15, 0.2) is 0 Å². The normalized spacial score (nSPS) is 16.7. The number of nitrogens with two attached hydrogens (primary N) is 1. The van der Waals surface area contributed by atoms with Crippen LogP contribution in [-0.2, 0) is 4.79 Å². The van der Waals surface area contributed by atoms with E-state index in [4.69, 9.17) is 15.2 Å². The number of aromatic nitrogens is 1. The Morgan fingerprint density at radius 2 is 2.19 bits per heavy atom. The Balaban J connectivity index is 1.91. The van der Waals surface area contributed by atoms with Crippen molar-refractivity contribution in [3.8, 4) is 17.7 Å². The predicted molar refractivity (Wildman–Crippen MR) is 121 cm³/mol. The molecule has 3 heterocycles. The van der Waals surface area contributed by atoms with Gasteiger partial charge in [-0.15, -0.1) is 0 Å². The Morgan fingerprint density at radius 3 is 2.84 bits per heavy atom. The number of nitriles is 1. The van der Waals surface area contributed by atoms with E-state index in [-0.39, 0.29) is 6.61 Å². The molecule has 0 saturated heterocycles. The van der Waals surface area contributed by atoms with Crippen molar-refractivity contribution < 1.29 is 14.3 Å². The largest absolute Gasteiger partial charge is 0.496 e. The summed E-state index contributed by atoms with van der Waals surface area (Å²) in [5.41, 5.74) is 11.3. The van der Waals surface area contributed by atoms with Crippen LogP contribution < -0.4 is 20.5 Å². The molecule has 2 aliphatic rings. The van der Waals surface area contributed by atoms with Crippen LogP contribution in [0.1, 0.15) is 41.5 Å². The zero-order valence-electron chi connectivity index (χ0n) is 18.1. The van der Waals surface area contributed by atoms with Crippen LogP contribution in [0.15, 0.2) is 52.9 Å². The molecule has 2 aromatic rings. The molecule has 1 unspecified atom stereocenters. The van der Waals surface area contributed by atoms with Gasteiger partial charge in [0.1, 0.15) is 12.4 Å². The van der Waals surface area contributed by atoms with Gasteiger partial charge in [0, 0.05) is 35.7 Å². The molecule has 0 bridgehead atoms. The quantitative estimate of drug-likeness (QED) is 0.726. The number of hydrogen-bond acceptors (Lipinski definition) is 7. The highest BCUT2D eigenvalue weighted by Gasteiger charge is 2.37. The molecular weight excluding hydrogens is 406 g/mol. The van der Waals surface area contributed by atoms with Crippen LogP contribution in [0.4, 0.5) is 5.69 Å². The number of benzene rings is 1. The lowest BCUT2D eigenvalue weighted by Gasteiger charge is -2.32. The number of carbonyl (C=O) groups is 1. The van der Waals surface area contributed by atoms with Crippen molar-refractivity contribution >= 4 is 17.3 Å². The summed E-state index contributed by atoms with van der Waals surface area (Å²) in [6.45, 7) is 4.02. The zero-order valence-corrected chi connectivity index (χ0v) is 18.1. The lowest BCUT2D eigenvalue weighted by atomic mass is 9.79. The third-order valence-electron chi connectivity index (χ3n) is 5.59. The van der Waals surface area contributed by atoms with E-state index < -0.39 is 11.8 Å². The number of ether oxygens (including phenoxy) is 2. The third-order valence-corrected chi connectivity index (χ3v) is 5.59. The molecule has 32 heavy (non-hydrogen) atoms. The molecule has 4 rings (SSSR count). The van der Waals surface area contributed by atoms with Gasteiger partial charge in [-0.3, -0.25) is 9.79 Å². The number of primary amides is 1. The maximum atomic E-state index is 12.6. The van der Waals surface area contributed by atoms with Gasteiger partial charge in [0.25, 0.3) is 0 Å². The number of allylic oxidation sites excluding steroid dienone is 2. The Morgan fingerprint density at radius 1 is 1.38 bits per heavy atom. The van der Waals surface area contributed by atoms with Gasteiger partial charge < -0.3 is 20.5 Å². The van der Waals surface area contributed by atoms with E-state index in [1.165, 1.54) is 7.11 Å². The van der Waals surface area contributed by atoms with E-state index in [1.807, 2.05) is 19.9 Å². The lowest BCUT2D eigenvalue weighted by Crippen LogP contribution is -2.29. The highest BCUT2D eigenvalue weighted by molar-refractivity contribution is 5.98. The molecule has 8 nitrogen and oxygen atoms in total. The second kappa shape index (κ2) is 8.55. The number of carbonyl (C=O) groups excluding carboxylic acids is 1. The van der Waals surface area contributed by atoms with Crippen LogP contribution in [0.3, 0.4) is 0 Å². The van der Waals surface area contributed by atoms with E-state index >= 15 is 0 Å². The predicted octanol–water partition coefficient (Wildman–Crippen LogP) is 3.32. The number of aryl methyl sites for hydroxylation is 1. The molecule has 1 amide bonds. The van der Waals surface area contributed by atoms with Gasteiger partial charge >= 0.3 is 0 Å². The van der Waals surface area contributed by atoms with Crippen LogP contribution in [0.2, 0.25) is 0 Å². The minimum Gasteiger partial charge on any atom is -0.496 e. The number of methoxy groups -OCH3 is 1. The Labute approximate surface area is 186 Å². The Bertz CT molecular complexity index is 1240. The Kier molecular flexibility index (Phi) is 5.65. The minimum absolute atomic E-state index is 0.279. The molecular formula is C24H23N5O3. The molecule has 0 saturated carbocycles. The standard InChI is InChI=1S/C24H23N5O3/c1-13-11-28-24(32-12-16-5-4-8-27-16)21-20(19(23(26)30)14(2)29-22(13)21)17-7-6-15(10-25)9-18(17)31-3/h4,6-9,11,20,29H,5,12H2,1-3H3,(H2,26,30). The van der Waals surface area contributed by atoms with Gasteiger partial charge in [-0.25, -0.2) is 4.98 Å². The number of rotatable bonds is 6. The summed E-state index contributed by atoms with van der Waals surface area (Å²) >= 11 is 0. The summed E-state index contributed by atoms with van der Waals surface area (Å²) < 4.78 is 11.7. The summed E-state index contributed by atoms with van der Waals surface area (Å²) in [7, 11) is 1.53. The summed E-state index contributed by atoms with van der Waals surface area (Å²) in [5.74, 6) is -0.285. The zero-order chi connectivity index (χ0) is 22.8. The monoisotopic (exact) mass is 429 g/mol. The maximum Gasteiger partial charge on any atom is 0.247 e. The molecule has 3 N–H and O–H groups in total. The first-order valence-corrected chi connectivity index (χ1v) is 10.1. The molecule has 0 fully saturated rings. The van der Waals surface area contributed by atoms with Gasteiger partial charge in [-0.2, -0.15) is 5.26 Å². The van der Waals surface area contributed by atoms with Crippen LogP contribution in [0, 0.1) is 18.3 Å². The van der Waals surface area contributed by atoms with Crippen molar-refractivity contribution in [1.82, 2.24) is 4.98 Å². The van der Waals surface area contributed by atoms with Crippen molar-refractivity contribution in [3.63, 3.8) is 0 Å². The van der Waals surface area contributed by atoms with E-state index in [9.17, 15) is 10.1 Å². The van der Waals surface area contributed by atoms with Crippen LogP contribution in [0.25, 0.3) is 0 Å². The van der Waals surface area contributed by atoms with Crippen LogP contribution >= 0.6 is 0 Å². The number of nitrogens with one attached hydrogen (secondary N) is 1. The summed E-state index contributed by atoms with van der Waals surface area (Å²) in [4.78, 5) is 21.4. The molecule has 2 aliphatic heterocycles.